The lowest BCUT2D eigenvalue weighted by molar-refractivity contribution is -0.134. The summed E-state index contributed by atoms with van der Waals surface area (Å²) in [6, 6.07) is 4.81. The summed E-state index contributed by atoms with van der Waals surface area (Å²) in [5.74, 6) is 0.222. The first-order chi connectivity index (χ1) is 8.73. The molecule has 0 radical (unpaired) electrons. The molecule has 0 aliphatic heterocycles. The molecule has 0 spiro atoms. The molecule has 0 N–H and O–H groups in total. The largest absolute Gasteiger partial charge is 0.338 e. The molecule has 0 heterocycles. The highest BCUT2D eigenvalue weighted by Gasteiger charge is 2.21. The summed E-state index contributed by atoms with van der Waals surface area (Å²) in [7, 11) is 0. The molecule has 2 nitrogen and oxygen atoms in total. The first-order valence-electron chi connectivity index (χ1n) is 7.12. The van der Waals surface area contributed by atoms with Gasteiger partial charge in [0.2, 0.25) is 5.91 Å². The van der Waals surface area contributed by atoms with E-state index in [0.29, 0.717) is 6.42 Å². The fourth-order valence-corrected chi connectivity index (χ4v) is 2.90. The van der Waals surface area contributed by atoms with Crippen LogP contribution in [0.25, 0.3) is 0 Å². The van der Waals surface area contributed by atoms with Gasteiger partial charge in [0, 0.05) is 12.1 Å². The zero-order valence-corrected chi connectivity index (χ0v) is 13.4. The average molecular weight is 261 g/mol. The highest BCUT2D eigenvalue weighted by atomic mass is 16.2. The topological polar surface area (TPSA) is 20.3 Å². The maximum absolute atomic E-state index is 12.5. The number of hydrogen-bond acceptors (Lipinski definition) is 1. The van der Waals surface area contributed by atoms with Crippen LogP contribution in [0.3, 0.4) is 0 Å². The molecule has 1 amide bonds. The van der Waals surface area contributed by atoms with E-state index >= 15 is 0 Å². The fourth-order valence-electron chi connectivity index (χ4n) is 2.90. The van der Waals surface area contributed by atoms with E-state index in [1.54, 1.807) is 0 Å². The molecule has 0 fully saturated rings. The van der Waals surface area contributed by atoms with E-state index in [4.69, 9.17) is 0 Å². The molecule has 0 atom stereocenters. The molecule has 1 aromatic carbocycles. The van der Waals surface area contributed by atoms with Crippen LogP contribution in [0.15, 0.2) is 12.1 Å². The SMILES string of the molecule is Cc1cc(C)c(CC(=O)N(C(C)C)C(C)C)c(C)c1. The van der Waals surface area contributed by atoms with E-state index in [1.165, 1.54) is 22.3 Å². The third kappa shape index (κ3) is 3.82. The Kier molecular flexibility index (Phi) is 5.16. The number of nitrogens with zero attached hydrogens (tertiary/aromatic N) is 1. The summed E-state index contributed by atoms with van der Waals surface area (Å²) < 4.78 is 0. The lowest BCUT2D eigenvalue weighted by Crippen LogP contribution is -2.43. The number of carbonyl (C=O) groups is 1. The molecule has 0 unspecified atom stereocenters. The quantitative estimate of drug-likeness (QED) is 0.807. The normalized spacial score (nSPS) is 11.2. The summed E-state index contributed by atoms with van der Waals surface area (Å²) in [5, 5.41) is 0. The van der Waals surface area contributed by atoms with Gasteiger partial charge in [-0.3, -0.25) is 4.79 Å². The monoisotopic (exact) mass is 261 g/mol. The van der Waals surface area contributed by atoms with Crippen LogP contribution in [0.1, 0.15) is 49.9 Å². The number of carbonyl (C=O) groups excluding carboxylic acids is 1. The zero-order chi connectivity index (χ0) is 14.7. The zero-order valence-electron chi connectivity index (χ0n) is 13.4. The van der Waals surface area contributed by atoms with Crippen LogP contribution in [0.4, 0.5) is 0 Å². The number of benzene rings is 1. The number of amides is 1. The molecule has 0 saturated heterocycles. The van der Waals surface area contributed by atoms with Crippen molar-refractivity contribution in [3.05, 3.63) is 34.4 Å². The number of aryl methyl sites for hydroxylation is 3. The third-order valence-electron chi connectivity index (χ3n) is 3.57. The molecule has 0 aliphatic rings. The molecular weight excluding hydrogens is 234 g/mol. The Balaban J connectivity index is 2.99. The lowest BCUT2D eigenvalue weighted by Gasteiger charge is -2.31. The van der Waals surface area contributed by atoms with Crippen LogP contribution in [-0.2, 0) is 11.2 Å². The molecule has 1 aromatic rings. The van der Waals surface area contributed by atoms with E-state index < -0.39 is 0 Å². The molecule has 19 heavy (non-hydrogen) atoms. The smallest absolute Gasteiger partial charge is 0.227 e. The van der Waals surface area contributed by atoms with Crippen molar-refractivity contribution in [2.45, 2.75) is 67.0 Å². The van der Waals surface area contributed by atoms with Gasteiger partial charge in [0.05, 0.1) is 6.42 Å². The first kappa shape index (κ1) is 15.7. The van der Waals surface area contributed by atoms with Gasteiger partial charge in [-0.2, -0.15) is 0 Å². The Morgan fingerprint density at radius 1 is 1.00 bits per heavy atom. The highest BCUT2D eigenvalue weighted by molar-refractivity contribution is 5.80. The van der Waals surface area contributed by atoms with Crippen molar-refractivity contribution in [3.63, 3.8) is 0 Å². The summed E-state index contributed by atoms with van der Waals surface area (Å²) >= 11 is 0. The highest BCUT2D eigenvalue weighted by Crippen LogP contribution is 2.19. The van der Waals surface area contributed by atoms with Gasteiger partial charge in [-0.15, -0.1) is 0 Å². The molecule has 0 aromatic heterocycles. The van der Waals surface area contributed by atoms with Gasteiger partial charge in [-0.1, -0.05) is 17.7 Å². The van der Waals surface area contributed by atoms with Crippen LogP contribution in [0, 0.1) is 20.8 Å². The molecule has 0 aliphatic carbocycles. The second-order valence-electron chi connectivity index (χ2n) is 6.04. The number of hydrogen-bond donors (Lipinski definition) is 0. The van der Waals surface area contributed by atoms with Crippen molar-refractivity contribution in [1.29, 1.82) is 0 Å². The Labute approximate surface area is 117 Å². The minimum Gasteiger partial charge on any atom is -0.338 e. The summed E-state index contributed by atoms with van der Waals surface area (Å²) in [6.07, 6.45) is 0.508. The molecule has 106 valence electrons. The van der Waals surface area contributed by atoms with E-state index in [2.05, 4.69) is 60.6 Å². The Bertz CT molecular complexity index is 429. The van der Waals surface area contributed by atoms with Gasteiger partial charge < -0.3 is 4.90 Å². The maximum Gasteiger partial charge on any atom is 0.227 e. The van der Waals surface area contributed by atoms with E-state index in [1.807, 2.05) is 4.90 Å². The fraction of sp³-hybridized carbons (Fsp3) is 0.588. The summed E-state index contributed by atoms with van der Waals surface area (Å²) in [6.45, 7) is 14.6. The molecule has 0 bridgehead atoms. The van der Waals surface area contributed by atoms with Crippen molar-refractivity contribution >= 4 is 5.91 Å². The summed E-state index contributed by atoms with van der Waals surface area (Å²) in [4.78, 5) is 14.5. The first-order valence-corrected chi connectivity index (χ1v) is 7.12. The van der Waals surface area contributed by atoms with Crippen molar-refractivity contribution in [3.8, 4) is 0 Å². The van der Waals surface area contributed by atoms with Crippen LogP contribution in [0.5, 0.6) is 0 Å². The standard InChI is InChI=1S/C17H27NO/c1-11(2)18(12(3)4)17(19)10-16-14(6)8-13(5)9-15(16)7/h8-9,11-12H,10H2,1-7H3. The Hall–Kier alpha value is -1.31. The lowest BCUT2D eigenvalue weighted by atomic mass is 9.96. The van der Waals surface area contributed by atoms with Gasteiger partial charge in [0.1, 0.15) is 0 Å². The van der Waals surface area contributed by atoms with Gasteiger partial charge in [-0.25, -0.2) is 0 Å². The van der Waals surface area contributed by atoms with Gasteiger partial charge >= 0.3 is 0 Å². The number of rotatable bonds is 4. The van der Waals surface area contributed by atoms with Gasteiger partial charge in [-0.05, 0) is 65.2 Å². The van der Waals surface area contributed by atoms with Crippen molar-refractivity contribution in [2.24, 2.45) is 0 Å². The third-order valence-corrected chi connectivity index (χ3v) is 3.57. The maximum atomic E-state index is 12.5. The summed E-state index contributed by atoms with van der Waals surface area (Å²) in [5.41, 5.74) is 4.88. The van der Waals surface area contributed by atoms with Crippen LogP contribution in [0.2, 0.25) is 0 Å². The van der Waals surface area contributed by atoms with Crippen LogP contribution in [-0.4, -0.2) is 22.9 Å². The molecule has 2 heteroatoms. The van der Waals surface area contributed by atoms with E-state index in [9.17, 15) is 4.79 Å². The second kappa shape index (κ2) is 6.23. The van der Waals surface area contributed by atoms with Crippen molar-refractivity contribution in [2.75, 3.05) is 0 Å². The molecule has 1 rings (SSSR count). The minimum absolute atomic E-state index is 0.222. The van der Waals surface area contributed by atoms with Gasteiger partial charge in [0.25, 0.3) is 0 Å². The van der Waals surface area contributed by atoms with Crippen LogP contribution >= 0.6 is 0 Å². The molecular formula is C17H27NO. The Morgan fingerprint density at radius 3 is 1.79 bits per heavy atom. The van der Waals surface area contributed by atoms with Crippen LogP contribution < -0.4 is 0 Å². The predicted molar refractivity (Wildman–Crippen MR) is 81.5 cm³/mol. The average Bonchev–Trinajstić information content (AvgIpc) is 2.22. The second-order valence-corrected chi connectivity index (χ2v) is 6.04. The van der Waals surface area contributed by atoms with Crippen molar-refractivity contribution in [1.82, 2.24) is 4.90 Å². The van der Waals surface area contributed by atoms with Crippen molar-refractivity contribution < 1.29 is 4.79 Å². The van der Waals surface area contributed by atoms with Gasteiger partial charge in [0.15, 0.2) is 0 Å². The molecule has 0 saturated carbocycles. The minimum atomic E-state index is 0.222. The Morgan fingerprint density at radius 2 is 1.42 bits per heavy atom. The van der Waals surface area contributed by atoms with E-state index in [-0.39, 0.29) is 18.0 Å². The predicted octanol–water partition coefficient (Wildman–Crippen LogP) is 3.80. The van der Waals surface area contributed by atoms with E-state index in [0.717, 1.165) is 0 Å².